The zero-order valence-corrected chi connectivity index (χ0v) is 16.0. The Labute approximate surface area is 152 Å². The number of esters is 1. The number of carboxylic acids is 1. The van der Waals surface area contributed by atoms with E-state index in [1.54, 1.807) is 0 Å². The lowest BCUT2D eigenvalue weighted by molar-refractivity contribution is -0.150. The van der Waals surface area contributed by atoms with Crippen molar-refractivity contribution in [1.29, 1.82) is 0 Å². The zero-order chi connectivity index (χ0) is 18.2. The number of carboxylic acid groups (broad SMARTS) is 1. The number of aliphatic carboxylic acids is 1. The van der Waals surface area contributed by atoms with Crippen LogP contribution in [0.5, 0.6) is 0 Å². The van der Waals surface area contributed by atoms with Crippen molar-refractivity contribution in [2.45, 2.75) is 103 Å². The number of carbonyl (C=O) groups is 2. The van der Waals surface area contributed by atoms with E-state index in [-0.39, 0.29) is 16.8 Å². The number of carbonyl (C=O) groups excluding carboxylic acids is 1. The van der Waals surface area contributed by atoms with Crippen molar-refractivity contribution in [2.24, 2.45) is 10.8 Å². The molecule has 0 radical (unpaired) electrons. The van der Waals surface area contributed by atoms with Gasteiger partial charge in [0.25, 0.3) is 0 Å². The lowest BCUT2D eigenvalue weighted by atomic mass is 9.96. The number of unbranched alkanes of at least 4 members (excludes halogenated alkanes) is 8. The molecule has 0 unspecified atom stereocenters. The Bertz CT molecular complexity index is 435. The lowest BCUT2D eigenvalue weighted by Gasteiger charge is -2.13. The second-order valence-corrected chi connectivity index (χ2v) is 8.27. The largest absolute Gasteiger partial charge is 0.481 e. The molecule has 0 aromatic carbocycles. The molecule has 2 rings (SSSR count). The molecule has 0 amide bonds. The summed E-state index contributed by atoms with van der Waals surface area (Å²) in [5.41, 5.74) is -0.437. The van der Waals surface area contributed by atoms with E-state index in [2.05, 4.69) is 0 Å². The number of rotatable bonds is 15. The fourth-order valence-electron chi connectivity index (χ4n) is 3.88. The summed E-state index contributed by atoms with van der Waals surface area (Å²) in [4.78, 5) is 23.0. The average Bonchev–Trinajstić information content (AvgIpc) is 3.48. The third-order valence-electron chi connectivity index (χ3n) is 6.18. The molecular weight excluding hydrogens is 316 g/mol. The summed E-state index contributed by atoms with van der Waals surface area (Å²) in [6.07, 6.45) is 16.7. The maximum absolute atomic E-state index is 11.9. The summed E-state index contributed by atoms with van der Waals surface area (Å²) in [6, 6.07) is 0. The molecule has 0 aromatic heterocycles. The van der Waals surface area contributed by atoms with Crippen LogP contribution in [0.4, 0.5) is 0 Å². The summed E-state index contributed by atoms with van der Waals surface area (Å²) in [5.74, 6) is -0.547. The molecule has 0 atom stereocenters. The Morgan fingerprint density at radius 2 is 1.16 bits per heavy atom. The Kier molecular flexibility index (Phi) is 7.77. The van der Waals surface area contributed by atoms with Crippen molar-refractivity contribution in [3.63, 3.8) is 0 Å². The minimum Gasteiger partial charge on any atom is -0.481 e. The van der Waals surface area contributed by atoms with Crippen LogP contribution in [0.2, 0.25) is 0 Å². The Hall–Kier alpha value is -1.06. The smallest absolute Gasteiger partial charge is 0.312 e. The molecule has 0 spiro atoms. The lowest BCUT2D eigenvalue weighted by Crippen LogP contribution is -2.18. The second kappa shape index (κ2) is 9.59. The van der Waals surface area contributed by atoms with Gasteiger partial charge in [0, 0.05) is 0 Å². The summed E-state index contributed by atoms with van der Waals surface area (Å²) < 4.78 is 5.18. The van der Waals surface area contributed by atoms with Gasteiger partial charge in [-0.3, -0.25) is 9.59 Å². The minimum atomic E-state index is -0.580. The van der Waals surface area contributed by atoms with Crippen molar-refractivity contribution in [3.05, 3.63) is 0 Å². The van der Waals surface area contributed by atoms with Crippen molar-refractivity contribution in [2.75, 3.05) is 6.61 Å². The third kappa shape index (κ3) is 6.31. The second-order valence-electron chi connectivity index (χ2n) is 8.27. The molecule has 0 saturated heterocycles. The molecule has 4 nitrogen and oxygen atoms in total. The molecule has 0 heterocycles. The molecule has 25 heavy (non-hydrogen) atoms. The van der Waals surface area contributed by atoms with E-state index in [0.717, 1.165) is 51.4 Å². The van der Waals surface area contributed by atoms with Crippen LogP contribution in [0.3, 0.4) is 0 Å². The first-order valence-electron chi connectivity index (χ1n) is 10.5. The van der Waals surface area contributed by atoms with Gasteiger partial charge in [-0.1, -0.05) is 57.8 Å². The van der Waals surface area contributed by atoms with E-state index >= 15 is 0 Å². The first-order valence-corrected chi connectivity index (χ1v) is 10.5. The Balaban J connectivity index is 1.36. The molecule has 2 aliphatic rings. The first-order chi connectivity index (χ1) is 12.0. The SMILES string of the molecule is CCOC(=O)C1(CCCCCCCCCCCC2(C(=O)O)CC2)CC1. The molecule has 0 aliphatic heterocycles. The minimum absolute atomic E-state index is 0.0332. The quantitative estimate of drug-likeness (QED) is 0.313. The van der Waals surface area contributed by atoms with E-state index < -0.39 is 5.97 Å². The molecule has 4 heteroatoms. The van der Waals surface area contributed by atoms with E-state index in [1.165, 1.54) is 44.9 Å². The van der Waals surface area contributed by atoms with Crippen LogP contribution < -0.4 is 0 Å². The van der Waals surface area contributed by atoms with E-state index in [9.17, 15) is 9.59 Å². The summed E-state index contributed by atoms with van der Waals surface area (Å²) >= 11 is 0. The van der Waals surface area contributed by atoms with Crippen LogP contribution >= 0.6 is 0 Å². The van der Waals surface area contributed by atoms with Gasteiger partial charge in [0.1, 0.15) is 0 Å². The van der Waals surface area contributed by atoms with Crippen LogP contribution in [-0.2, 0) is 14.3 Å². The van der Waals surface area contributed by atoms with Gasteiger partial charge in [-0.25, -0.2) is 0 Å². The average molecular weight is 353 g/mol. The van der Waals surface area contributed by atoms with Gasteiger partial charge in [0.15, 0.2) is 0 Å². The molecule has 1 N–H and O–H groups in total. The van der Waals surface area contributed by atoms with Gasteiger partial charge in [-0.05, 0) is 45.4 Å². The summed E-state index contributed by atoms with van der Waals surface area (Å²) in [5, 5.41) is 9.13. The molecule has 2 fully saturated rings. The number of ether oxygens (including phenoxy) is 1. The molecule has 2 aliphatic carbocycles. The fourth-order valence-corrected chi connectivity index (χ4v) is 3.88. The molecular formula is C21H36O4. The van der Waals surface area contributed by atoms with Crippen molar-refractivity contribution >= 4 is 11.9 Å². The number of hydrogen-bond donors (Lipinski definition) is 1. The predicted molar refractivity (Wildman–Crippen MR) is 98.4 cm³/mol. The predicted octanol–water partition coefficient (Wildman–Crippen LogP) is 5.49. The highest BCUT2D eigenvalue weighted by molar-refractivity contribution is 5.79. The number of hydrogen-bond acceptors (Lipinski definition) is 3. The van der Waals surface area contributed by atoms with Crippen molar-refractivity contribution < 1.29 is 19.4 Å². The highest BCUT2D eigenvalue weighted by atomic mass is 16.5. The highest BCUT2D eigenvalue weighted by Crippen LogP contribution is 2.51. The topological polar surface area (TPSA) is 63.6 Å². The summed E-state index contributed by atoms with van der Waals surface area (Å²) in [7, 11) is 0. The van der Waals surface area contributed by atoms with Gasteiger partial charge in [0.05, 0.1) is 17.4 Å². The standard InChI is InChI=1S/C21H36O4/c1-2-25-19(24)21(16-17-21)13-11-9-7-5-3-4-6-8-10-12-20(14-15-20)18(22)23/h2-17H2,1H3,(H,22,23). The van der Waals surface area contributed by atoms with E-state index in [0.29, 0.717) is 6.61 Å². The molecule has 0 aromatic rings. The monoisotopic (exact) mass is 352 g/mol. The van der Waals surface area contributed by atoms with Gasteiger partial charge < -0.3 is 9.84 Å². The molecule has 0 bridgehead atoms. The zero-order valence-electron chi connectivity index (χ0n) is 16.0. The Morgan fingerprint density at radius 3 is 1.52 bits per heavy atom. The van der Waals surface area contributed by atoms with Gasteiger partial charge in [-0.15, -0.1) is 0 Å². The summed E-state index contributed by atoms with van der Waals surface area (Å²) in [6.45, 7) is 2.38. The molecule has 144 valence electrons. The van der Waals surface area contributed by atoms with Gasteiger partial charge in [0.2, 0.25) is 0 Å². The van der Waals surface area contributed by atoms with Crippen molar-refractivity contribution in [3.8, 4) is 0 Å². The van der Waals surface area contributed by atoms with Crippen LogP contribution in [0.25, 0.3) is 0 Å². The molecule has 2 saturated carbocycles. The van der Waals surface area contributed by atoms with Crippen LogP contribution in [0.1, 0.15) is 103 Å². The van der Waals surface area contributed by atoms with Gasteiger partial charge >= 0.3 is 11.9 Å². The maximum atomic E-state index is 11.9. The van der Waals surface area contributed by atoms with E-state index in [4.69, 9.17) is 9.84 Å². The van der Waals surface area contributed by atoms with Crippen LogP contribution in [-0.4, -0.2) is 23.7 Å². The Morgan fingerprint density at radius 1 is 0.760 bits per heavy atom. The normalized spacial score (nSPS) is 19.4. The third-order valence-corrected chi connectivity index (χ3v) is 6.18. The van der Waals surface area contributed by atoms with Crippen LogP contribution in [0, 0.1) is 10.8 Å². The highest BCUT2D eigenvalue weighted by Gasteiger charge is 2.50. The van der Waals surface area contributed by atoms with Crippen molar-refractivity contribution in [1.82, 2.24) is 0 Å². The first kappa shape index (κ1) is 20.3. The van der Waals surface area contributed by atoms with Gasteiger partial charge in [-0.2, -0.15) is 0 Å². The van der Waals surface area contributed by atoms with E-state index in [1.807, 2.05) is 6.92 Å². The maximum Gasteiger partial charge on any atom is 0.312 e. The van der Waals surface area contributed by atoms with Crippen LogP contribution in [0.15, 0.2) is 0 Å². The fraction of sp³-hybridized carbons (Fsp3) is 0.905.